The number of hydrogen-bond acceptors (Lipinski definition) is 4. The highest BCUT2D eigenvalue weighted by Crippen LogP contribution is 2.05. The first-order chi connectivity index (χ1) is 3.83. The van der Waals surface area contributed by atoms with Crippen LogP contribution in [0, 0.1) is 6.92 Å². The topological polar surface area (TPSA) is 51.3 Å². The van der Waals surface area contributed by atoms with E-state index in [0.29, 0.717) is 5.89 Å². The highest BCUT2D eigenvalue weighted by Gasteiger charge is 1.93. The van der Waals surface area contributed by atoms with Crippen molar-refractivity contribution in [2.75, 3.05) is 0 Å². The second-order valence-corrected chi connectivity index (χ2v) is 1.26. The molecule has 1 rings (SSSR count). The highest BCUT2D eigenvalue weighted by atomic mass is 16.4. The monoisotopic (exact) mass is 111 g/mol. The molecule has 42 valence electrons. The Kier molecular flexibility index (Phi) is 1.07. The van der Waals surface area contributed by atoms with E-state index in [1.807, 2.05) is 0 Å². The highest BCUT2D eigenvalue weighted by molar-refractivity contribution is 5.31. The van der Waals surface area contributed by atoms with Gasteiger partial charge < -0.3 is 4.42 Å². The summed E-state index contributed by atoms with van der Waals surface area (Å²) in [5, 5.41) is 7.03. The van der Waals surface area contributed by atoms with E-state index in [2.05, 4.69) is 21.9 Å². The lowest BCUT2D eigenvalue weighted by molar-refractivity contribution is 0.530. The van der Waals surface area contributed by atoms with Gasteiger partial charge in [0.1, 0.15) is 0 Å². The van der Waals surface area contributed by atoms with Crippen LogP contribution in [-0.2, 0) is 0 Å². The third kappa shape index (κ3) is 0.726. The van der Waals surface area contributed by atoms with E-state index in [-0.39, 0.29) is 6.01 Å². The molecule has 0 amide bonds. The van der Waals surface area contributed by atoms with E-state index in [4.69, 9.17) is 4.42 Å². The van der Waals surface area contributed by atoms with Crippen molar-refractivity contribution in [2.24, 2.45) is 4.99 Å². The van der Waals surface area contributed by atoms with E-state index in [9.17, 15) is 0 Å². The van der Waals surface area contributed by atoms with Crippen LogP contribution in [0.1, 0.15) is 5.89 Å². The summed E-state index contributed by atoms with van der Waals surface area (Å²) in [4.78, 5) is 3.40. The Morgan fingerprint density at radius 3 is 2.62 bits per heavy atom. The summed E-state index contributed by atoms with van der Waals surface area (Å²) >= 11 is 0. The van der Waals surface area contributed by atoms with Gasteiger partial charge in [0, 0.05) is 6.92 Å². The molecule has 1 aromatic rings. The summed E-state index contributed by atoms with van der Waals surface area (Å²) in [6.07, 6.45) is 0. The normalized spacial score (nSPS) is 9.12. The fourth-order valence-electron chi connectivity index (χ4n) is 0.350. The van der Waals surface area contributed by atoms with Crippen LogP contribution in [0.5, 0.6) is 0 Å². The lowest BCUT2D eigenvalue weighted by Crippen LogP contribution is -1.66. The minimum absolute atomic E-state index is 0.225. The fourth-order valence-corrected chi connectivity index (χ4v) is 0.350. The summed E-state index contributed by atoms with van der Waals surface area (Å²) in [6.45, 7) is 4.89. The van der Waals surface area contributed by atoms with Crippen molar-refractivity contribution >= 4 is 12.7 Å². The van der Waals surface area contributed by atoms with E-state index in [1.54, 1.807) is 6.92 Å². The van der Waals surface area contributed by atoms with Gasteiger partial charge in [-0.3, -0.25) is 0 Å². The zero-order valence-electron chi connectivity index (χ0n) is 4.46. The number of aryl methyl sites for hydroxylation is 1. The van der Waals surface area contributed by atoms with Gasteiger partial charge in [-0.15, -0.1) is 5.10 Å². The molecule has 0 radical (unpaired) electrons. The van der Waals surface area contributed by atoms with Gasteiger partial charge in [-0.1, -0.05) is 5.10 Å². The Morgan fingerprint density at radius 1 is 1.62 bits per heavy atom. The van der Waals surface area contributed by atoms with E-state index < -0.39 is 0 Å². The Bertz CT molecular complexity index is 193. The van der Waals surface area contributed by atoms with Crippen molar-refractivity contribution in [1.29, 1.82) is 0 Å². The molecule has 0 aliphatic heterocycles. The fraction of sp³-hybridized carbons (Fsp3) is 0.250. The second kappa shape index (κ2) is 1.73. The predicted octanol–water partition coefficient (Wildman–Crippen LogP) is 0.710. The van der Waals surface area contributed by atoms with Crippen LogP contribution in [0.3, 0.4) is 0 Å². The van der Waals surface area contributed by atoms with Crippen molar-refractivity contribution < 1.29 is 4.42 Å². The van der Waals surface area contributed by atoms with Crippen molar-refractivity contribution in [3.05, 3.63) is 5.89 Å². The maximum Gasteiger partial charge on any atom is 0.341 e. The van der Waals surface area contributed by atoms with E-state index in [0.717, 1.165) is 0 Å². The first-order valence-corrected chi connectivity index (χ1v) is 2.10. The van der Waals surface area contributed by atoms with Crippen LogP contribution >= 0.6 is 0 Å². The van der Waals surface area contributed by atoms with Gasteiger partial charge in [0.2, 0.25) is 5.89 Å². The van der Waals surface area contributed by atoms with Crippen LogP contribution in [0.4, 0.5) is 6.01 Å². The molecule has 0 unspecified atom stereocenters. The molecule has 0 saturated carbocycles. The summed E-state index contributed by atoms with van der Waals surface area (Å²) in [6, 6.07) is 0.225. The number of aromatic nitrogens is 2. The van der Waals surface area contributed by atoms with E-state index in [1.165, 1.54) is 0 Å². The molecule has 0 fully saturated rings. The van der Waals surface area contributed by atoms with Gasteiger partial charge in [-0.05, 0) is 6.72 Å². The molecule has 0 spiro atoms. The zero-order valence-corrected chi connectivity index (χ0v) is 4.46. The molecule has 0 aromatic carbocycles. The van der Waals surface area contributed by atoms with Crippen molar-refractivity contribution in [3.8, 4) is 0 Å². The number of aliphatic imine (C=N–C) groups is 1. The van der Waals surface area contributed by atoms with Crippen LogP contribution < -0.4 is 0 Å². The molecule has 0 N–H and O–H groups in total. The largest absolute Gasteiger partial charge is 0.407 e. The third-order valence-corrected chi connectivity index (χ3v) is 0.651. The average molecular weight is 111 g/mol. The van der Waals surface area contributed by atoms with Crippen LogP contribution in [-0.4, -0.2) is 16.9 Å². The minimum atomic E-state index is 0.225. The Balaban J connectivity index is 3.00. The van der Waals surface area contributed by atoms with E-state index >= 15 is 0 Å². The van der Waals surface area contributed by atoms with Crippen molar-refractivity contribution in [2.45, 2.75) is 6.92 Å². The molecular weight excluding hydrogens is 106 g/mol. The smallest absolute Gasteiger partial charge is 0.341 e. The first-order valence-electron chi connectivity index (χ1n) is 2.10. The SMILES string of the molecule is C=Nc1nnc(C)o1. The quantitative estimate of drug-likeness (QED) is 0.501. The molecule has 0 aliphatic rings. The van der Waals surface area contributed by atoms with Gasteiger partial charge in [0.25, 0.3) is 0 Å². The Morgan fingerprint density at radius 2 is 2.38 bits per heavy atom. The summed E-state index contributed by atoms with van der Waals surface area (Å²) < 4.78 is 4.78. The zero-order chi connectivity index (χ0) is 5.98. The summed E-state index contributed by atoms with van der Waals surface area (Å²) in [5.74, 6) is 0.507. The van der Waals surface area contributed by atoms with Crippen LogP contribution in [0.2, 0.25) is 0 Å². The lowest BCUT2D eigenvalue weighted by Gasteiger charge is -1.72. The van der Waals surface area contributed by atoms with Crippen LogP contribution in [0.25, 0.3) is 0 Å². The van der Waals surface area contributed by atoms with Gasteiger partial charge >= 0.3 is 6.01 Å². The molecule has 4 nitrogen and oxygen atoms in total. The van der Waals surface area contributed by atoms with Gasteiger partial charge in [0.15, 0.2) is 0 Å². The molecular formula is C4H5N3O. The molecule has 0 bridgehead atoms. The summed E-state index contributed by atoms with van der Waals surface area (Å²) in [7, 11) is 0. The van der Waals surface area contributed by atoms with Crippen molar-refractivity contribution in [3.63, 3.8) is 0 Å². The average Bonchev–Trinajstić information content (AvgIpc) is 2.14. The maximum atomic E-state index is 4.78. The molecule has 0 atom stereocenters. The Hall–Kier alpha value is -1.19. The molecule has 1 heterocycles. The third-order valence-electron chi connectivity index (χ3n) is 0.651. The standard InChI is InChI=1S/C4H5N3O/c1-3-6-7-4(5-2)8-3/h2H2,1H3. The van der Waals surface area contributed by atoms with Crippen LogP contribution in [0.15, 0.2) is 9.41 Å². The first kappa shape index (κ1) is 4.96. The molecule has 0 aliphatic carbocycles. The molecule has 1 aromatic heterocycles. The summed E-state index contributed by atoms with van der Waals surface area (Å²) in [5.41, 5.74) is 0. The number of hydrogen-bond donors (Lipinski definition) is 0. The van der Waals surface area contributed by atoms with Crippen molar-refractivity contribution in [1.82, 2.24) is 10.2 Å². The predicted molar refractivity (Wildman–Crippen MR) is 28.2 cm³/mol. The number of nitrogens with zero attached hydrogens (tertiary/aromatic N) is 3. The number of rotatable bonds is 1. The molecule has 0 saturated heterocycles. The molecule has 4 heteroatoms. The van der Waals surface area contributed by atoms with Gasteiger partial charge in [0.05, 0.1) is 0 Å². The Labute approximate surface area is 46.3 Å². The molecule has 8 heavy (non-hydrogen) atoms. The van der Waals surface area contributed by atoms with Gasteiger partial charge in [-0.2, -0.15) is 0 Å². The maximum absolute atomic E-state index is 4.78. The minimum Gasteiger partial charge on any atom is -0.407 e. The lowest BCUT2D eigenvalue weighted by atomic mass is 10.8. The second-order valence-electron chi connectivity index (χ2n) is 1.26. The van der Waals surface area contributed by atoms with Gasteiger partial charge in [-0.25, -0.2) is 4.99 Å².